The second kappa shape index (κ2) is 7.00. The minimum absolute atomic E-state index is 0.0902. The smallest absolute Gasteiger partial charge is 0.261 e. The fraction of sp³-hybridized carbons (Fsp3) is 0.238. The predicted molar refractivity (Wildman–Crippen MR) is 112 cm³/mol. The Morgan fingerprint density at radius 3 is 2.52 bits per heavy atom. The number of carbonyl (C=O) groups excluding carboxylic acids is 1. The molecule has 2 aromatic carbocycles. The lowest BCUT2D eigenvalue weighted by molar-refractivity contribution is 0.0911. The van der Waals surface area contributed by atoms with Gasteiger partial charge in [-0.15, -0.1) is 0 Å². The summed E-state index contributed by atoms with van der Waals surface area (Å²) in [6.45, 7) is 4.12. The van der Waals surface area contributed by atoms with E-state index in [9.17, 15) is 13.2 Å². The van der Waals surface area contributed by atoms with E-state index in [-0.39, 0.29) is 16.1 Å². The summed E-state index contributed by atoms with van der Waals surface area (Å²) >= 11 is 5.92. The van der Waals surface area contributed by atoms with Gasteiger partial charge in [0.25, 0.3) is 10.0 Å². The number of hydrogen-bond donors (Lipinski definition) is 1. The molecular formula is C21H20ClN3O3S. The zero-order valence-electron chi connectivity index (χ0n) is 16.0. The van der Waals surface area contributed by atoms with Gasteiger partial charge in [-0.3, -0.25) is 9.52 Å². The first-order valence-corrected chi connectivity index (χ1v) is 11.0. The highest BCUT2D eigenvalue weighted by atomic mass is 35.5. The van der Waals surface area contributed by atoms with Crippen LogP contribution in [0.4, 0.5) is 5.69 Å². The number of anilines is 1. The third-order valence-electron chi connectivity index (χ3n) is 4.92. The predicted octanol–water partition coefficient (Wildman–Crippen LogP) is 4.48. The molecule has 8 heteroatoms. The monoisotopic (exact) mass is 429 g/mol. The van der Waals surface area contributed by atoms with Crippen LogP contribution in [0.5, 0.6) is 0 Å². The minimum atomic E-state index is -3.75. The molecule has 0 aliphatic heterocycles. The fourth-order valence-corrected chi connectivity index (χ4v) is 4.82. The second-order valence-corrected chi connectivity index (χ2v) is 10.1. The number of ketones is 1. The van der Waals surface area contributed by atoms with Crippen LogP contribution in [0.15, 0.2) is 59.6 Å². The molecule has 0 saturated carbocycles. The Hall–Kier alpha value is -2.64. The number of halogens is 1. The summed E-state index contributed by atoms with van der Waals surface area (Å²) in [5.74, 6) is 0.0902. The first-order valence-electron chi connectivity index (χ1n) is 9.14. The number of fused-ring (bicyclic) bond motifs is 1. The molecule has 150 valence electrons. The molecule has 6 nitrogen and oxygen atoms in total. The molecule has 1 aromatic heterocycles. The molecule has 0 radical (unpaired) electrons. The molecule has 3 aromatic rings. The van der Waals surface area contributed by atoms with Crippen LogP contribution in [0, 0.1) is 5.41 Å². The average Bonchev–Trinajstić information content (AvgIpc) is 3.04. The number of rotatable bonds is 4. The highest BCUT2D eigenvalue weighted by molar-refractivity contribution is 7.92. The number of carbonyl (C=O) groups is 1. The van der Waals surface area contributed by atoms with E-state index in [1.165, 1.54) is 12.1 Å². The maximum Gasteiger partial charge on any atom is 0.261 e. The topological polar surface area (TPSA) is 81.1 Å². The van der Waals surface area contributed by atoms with Crippen molar-refractivity contribution in [3.05, 3.63) is 71.0 Å². The molecule has 0 amide bonds. The highest BCUT2D eigenvalue weighted by Crippen LogP contribution is 2.35. The molecule has 0 spiro atoms. The standard InChI is InChI=1S/C21H20ClN3O3S/c1-21(2)11-19-18(20(26)12-21)13-23-25(19)16-6-8-17(9-7-16)29(27,28)24-15-5-3-4-14(22)10-15/h3-10,13,24H,11-12H2,1-2H3. The Balaban J connectivity index is 1.63. The number of Topliss-reactive ketones (excluding diaryl/α,β-unsaturated/α-hetero) is 1. The Labute approximate surface area is 174 Å². The Bertz CT molecular complexity index is 1200. The first-order chi connectivity index (χ1) is 13.6. The van der Waals surface area contributed by atoms with Crippen molar-refractivity contribution in [2.24, 2.45) is 5.41 Å². The third-order valence-corrected chi connectivity index (χ3v) is 6.56. The van der Waals surface area contributed by atoms with Gasteiger partial charge in [-0.2, -0.15) is 5.10 Å². The van der Waals surface area contributed by atoms with Crippen molar-refractivity contribution in [1.29, 1.82) is 0 Å². The van der Waals surface area contributed by atoms with E-state index in [1.807, 2.05) is 0 Å². The molecule has 1 aliphatic rings. The molecule has 4 rings (SSSR count). The van der Waals surface area contributed by atoms with Gasteiger partial charge in [0.05, 0.1) is 33.7 Å². The van der Waals surface area contributed by atoms with E-state index in [4.69, 9.17) is 11.6 Å². The fourth-order valence-electron chi connectivity index (χ4n) is 3.58. The van der Waals surface area contributed by atoms with Crippen molar-refractivity contribution in [2.75, 3.05) is 4.72 Å². The summed E-state index contributed by atoms with van der Waals surface area (Å²) in [6, 6.07) is 12.9. The van der Waals surface area contributed by atoms with Crippen molar-refractivity contribution in [3.63, 3.8) is 0 Å². The van der Waals surface area contributed by atoms with Crippen molar-refractivity contribution in [3.8, 4) is 5.69 Å². The summed E-state index contributed by atoms with van der Waals surface area (Å²) in [6.07, 6.45) is 2.82. The molecule has 0 saturated heterocycles. The molecule has 0 unspecified atom stereocenters. The number of nitrogens with zero attached hydrogens (tertiary/aromatic N) is 2. The van der Waals surface area contributed by atoms with Gasteiger partial charge in [-0.1, -0.05) is 31.5 Å². The highest BCUT2D eigenvalue weighted by Gasteiger charge is 2.34. The molecular weight excluding hydrogens is 410 g/mol. The largest absolute Gasteiger partial charge is 0.294 e. The number of benzene rings is 2. The lowest BCUT2D eigenvalue weighted by Gasteiger charge is -2.28. The van der Waals surface area contributed by atoms with Crippen LogP contribution >= 0.6 is 11.6 Å². The van der Waals surface area contributed by atoms with Gasteiger partial charge >= 0.3 is 0 Å². The van der Waals surface area contributed by atoms with Gasteiger partial charge in [-0.05, 0) is 54.3 Å². The van der Waals surface area contributed by atoms with E-state index in [0.29, 0.717) is 28.4 Å². The van der Waals surface area contributed by atoms with Gasteiger partial charge in [-0.25, -0.2) is 13.1 Å². The van der Waals surface area contributed by atoms with Gasteiger partial charge in [0, 0.05) is 11.4 Å². The Kier molecular flexibility index (Phi) is 4.75. The average molecular weight is 430 g/mol. The Morgan fingerprint density at radius 1 is 1.10 bits per heavy atom. The first kappa shape index (κ1) is 19.7. The van der Waals surface area contributed by atoms with E-state index < -0.39 is 10.0 Å². The zero-order valence-corrected chi connectivity index (χ0v) is 17.6. The summed E-state index contributed by atoms with van der Waals surface area (Å²) in [4.78, 5) is 12.5. The molecule has 1 aliphatic carbocycles. The van der Waals surface area contributed by atoms with E-state index in [0.717, 1.165) is 12.1 Å². The molecule has 0 bridgehead atoms. The van der Waals surface area contributed by atoms with Gasteiger partial charge in [0.15, 0.2) is 5.78 Å². The lowest BCUT2D eigenvalue weighted by Crippen LogP contribution is -2.27. The third kappa shape index (κ3) is 3.93. The number of sulfonamides is 1. The Morgan fingerprint density at radius 2 is 1.83 bits per heavy atom. The van der Waals surface area contributed by atoms with E-state index in [2.05, 4.69) is 23.7 Å². The molecule has 29 heavy (non-hydrogen) atoms. The zero-order chi connectivity index (χ0) is 20.8. The number of hydrogen-bond acceptors (Lipinski definition) is 4. The molecule has 1 N–H and O–H groups in total. The van der Waals surface area contributed by atoms with Crippen LogP contribution in [0.25, 0.3) is 5.69 Å². The van der Waals surface area contributed by atoms with Crippen molar-refractivity contribution >= 4 is 33.1 Å². The summed E-state index contributed by atoms with van der Waals surface area (Å²) < 4.78 is 29.5. The normalized spacial score (nSPS) is 15.8. The maximum absolute atomic E-state index is 12.7. The number of aromatic nitrogens is 2. The summed E-state index contributed by atoms with van der Waals surface area (Å²) in [5, 5.41) is 4.82. The van der Waals surface area contributed by atoms with Gasteiger partial charge in [0.1, 0.15) is 0 Å². The van der Waals surface area contributed by atoms with Crippen molar-refractivity contribution < 1.29 is 13.2 Å². The van der Waals surface area contributed by atoms with E-state index >= 15 is 0 Å². The van der Waals surface area contributed by atoms with Crippen LogP contribution in [0.1, 0.15) is 36.3 Å². The summed E-state index contributed by atoms with van der Waals surface area (Å²) in [5.41, 5.74) is 2.47. The van der Waals surface area contributed by atoms with E-state index in [1.54, 1.807) is 47.3 Å². The van der Waals surface area contributed by atoms with Gasteiger partial charge < -0.3 is 0 Å². The SMILES string of the molecule is CC1(C)CC(=O)c2cnn(-c3ccc(S(=O)(=O)Nc4cccc(Cl)c4)cc3)c2C1. The van der Waals surface area contributed by atoms with Crippen molar-refractivity contribution in [2.45, 2.75) is 31.6 Å². The lowest BCUT2D eigenvalue weighted by atomic mass is 9.76. The van der Waals surface area contributed by atoms with Gasteiger partial charge in [0.2, 0.25) is 0 Å². The van der Waals surface area contributed by atoms with Crippen molar-refractivity contribution in [1.82, 2.24) is 9.78 Å². The van der Waals surface area contributed by atoms with Crippen LogP contribution in [0.3, 0.4) is 0 Å². The summed E-state index contributed by atoms with van der Waals surface area (Å²) in [7, 11) is -3.75. The van der Waals surface area contributed by atoms with Crippen LogP contribution < -0.4 is 4.72 Å². The molecule has 0 fully saturated rings. The van der Waals surface area contributed by atoms with Crippen LogP contribution in [0.2, 0.25) is 5.02 Å². The molecule has 1 heterocycles. The van der Waals surface area contributed by atoms with Crippen LogP contribution in [-0.2, 0) is 16.4 Å². The van der Waals surface area contributed by atoms with Crippen LogP contribution in [-0.4, -0.2) is 24.0 Å². The molecule has 0 atom stereocenters. The maximum atomic E-state index is 12.7. The number of nitrogens with one attached hydrogen (secondary N) is 1. The quantitative estimate of drug-likeness (QED) is 0.662. The minimum Gasteiger partial charge on any atom is -0.294 e. The second-order valence-electron chi connectivity index (χ2n) is 7.97.